The van der Waals surface area contributed by atoms with Crippen LogP contribution in [0.15, 0.2) is 33.6 Å². The molecule has 1 aromatic carbocycles. The third kappa shape index (κ3) is 3.20. The summed E-state index contributed by atoms with van der Waals surface area (Å²) in [6, 6.07) is 8.41. The van der Waals surface area contributed by atoms with Gasteiger partial charge in [0, 0.05) is 29.3 Å². The first-order valence-corrected chi connectivity index (χ1v) is 13.1. The van der Waals surface area contributed by atoms with E-state index in [2.05, 4.69) is 46.8 Å². The van der Waals surface area contributed by atoms with E-state index in [1.165, 1.54) is 5.56 Å². The molecule has 2 saturated heterocycles. The van der Waals surface area contributed by atoms with Crippen molar-refractivity contribution < 1.29 is 18.8 Å². The maximum absolute atomic E-state index is 13.2. The summed E-state index contributed by atoms with van der Waals surface area (Å²) in [5, 5.41) is 5.10. The van der Waals surface area contributed by atoms with Crippen LogP contribution < -0.4 is 5.76 Å². The summed E-state index contributed by atoms with van der Waals surface area (Å²) in [4.78, 5) is 27.9. The summed E-state index contributed by atoms with van der Waals surface area (Å²) in [5.74, 6) is 2.36. The molecule has 4 heterocycles. The number of nitrogens with one attached hydrogen (secondary N) is 1. The molecule has 0 spiro atoms. The molecular formula is C25H29N3O5S. The van der Waals surface area contributed by atoms with E-state index in [-0.39, 0.29) is 23.4 Å². The molecule has 6 rings (SSSR count). The van der Waals surface area contributed by atoms with Crippen molar-refractivity contribution in [1.29, 1.82) is 0 Å². The minimum absolute atomic E-state index is 0.147. The normalized spacial score (nSPS) is 29.8. The number of aromatic amines is 1. The highest BCUT2D eigenvalue weighted by atomic mass is 32.2. The van der Waals surface area contributed by atoms with E-state index in [0.29, 0.717) is 24.0 Å². The third-order valence-electron chi connectivity index (χ3n) is 7.77. The van der Waals surface area contributed by atoms with Gasteiger partial charge in [0.15, 0.2) is 5.82 Å². The van der Waals surface area contributed by atoms with E-state index in [9.17, 15) is 9.59 Å². The first-order valence-electron chi connectivity index (χ1n) is 12.0. The van der Waals surface area contributed by atoms with Gasteiger partial charge in [-0.05, 0) is 74.8 Å². The van der Waals surface area contributed by atoms with Crippen LogP contribution in [0.2, 0.25) is 0 Å². The number of rotatable bonds is 5. The van der Waals surface area contributed by atoms with Gasteiger partial charge in [0.25, 0.3) is 0 Å². The highest BCUT2D eigenvalue weighted by Crippen LogP contribution is 2.66. The number of H-pyrrole nitrogens is 1. The number of ether oxygens (including phenoxy) is 2. The number of aromatic nitrogens is 3. The molecule has 0 amide bonds. The monoisotopic (exact) mass is 483 g/mol. The predicted octanol–water partition coefficient (Wildman–Crippen LogP) is 3.90. The molecule has 3 fully saturated rings. The molecule has 180 valence electrons. The summed E-state index contributed by atoms with van der Waals surface area (Å²) in [7, 11) is 0. The number of hydrogen-bond donors (Lipinski definition) is 1. The van der Waals surface area contributed by atoms with Crippen LogP contribution in [-0.2, 0) is 15.0 Å². The summed E-state index contributed by atoms with van der Waals surface area (Å²) in [6.45, 7) is 7.12. The Hall–Kier alpha value is -2.52. The summed E-state index contributed by atoms with van der Waals surface area (Å²) in [6.07, 6.45) is 1.93. The van der Waals surface area contributed by atoms with E-state index >= 15 is 0 Å². The zero-order valence-electron chi connectivity index (χ0n) is 19.6. The van der Waals surface area contributed by atoms with Crippen LogP contribution in [0.25, 0.3) is 10.9 Å². The number of carbonyl (C=O) groups is 1. The number of esters is 1. The third-order valence-corrected chi connectivity index (χ3v) is 8.96. The van der Waals surface area contributed by atoms with Crippen LogP contribution >= 0.6 is 11.8 Å². The van der Waals surface area contributed by atoms with Gasteiger partial charge in [0.2, 0.25) is 0 Å². The first-order chi connectivity index (χ1) is 16.3. The molecule has 9 heteroatoms. The van der Waals surface area contributed by atoms with E-state index in [1.54, 1.807) is 0 Å². The van der Waals surface area contributed by atoms with Crippen molar-refractivity contribution in [2.45, 2.75) is 50.7 Å². The molecule has 3 aromatic rings. The molecule has 2 aromatic heterocycles. The van der Waals surface area contributed by atoms with Crippen molar-refractivity contribution in [3.05, 3.63) is 51.9 Å². The van der Waals surface area contributed by atoms with Crippen LogP contribution in [0.5, 0.6) is 0 Å². The standard InChI is InChI=1S/C25H29N3O5S/c1-4-31-21(29)20-10-16-9-14(15-7-8-32-24(2,3)11-15)5-6-19(16)28(20)25(17-12-34-13-18(17)25)22-26-23(30)33-27-22/h5-6,9-10,15,17-18H,4,7-8,11-13H2,1-3H3,(H,26,27,30)/t15-,17-,18+,25?/m0/s1. The zero-order chi connectivity index (χ0) is 23.7. The van der Waals surface area contributed by atoms with Crippen LogP contribution in [0.3, 0.4) is 0 Å². The Kier molecular flexibility index (Phi) is 5.01. The van der Waals surface area contributed by atoms with E-state index in [1.807, 2.05) is 24.8 Å². The van der Waals surface area contributed by atoms with Crippen molar-refractivity contribution in [2.75, 3.05) is 24.7 Å². The smallest absolute Gasteiger partial charge is 0.438 e. The second kappa shape index (κ2) is 7.75. The van der Waals surface area contributed by atoms with E-state index in [4.69, 9.17) is 14.0 Å². The van der Waals surface area contributed by atoms with Gasteiger partial charge >= 0.3 is 11.7 Å². The average Bonchev–Trinajstić information content (AvgIpc) is 3.29. The van der Waals surface area contributed by atoms with Crippen molar-refractivity contribution in [3.8, 4) is 0 Å². The second-order valence-corrected chi connectivity index (χ2v) is 11.3. The lowest BCUT2D eigenvalue weighted by atomic mass is 9.83. The fourth-order valence-electron chi connectivity index (χ4n) is 6.28. The predicted molar refractivity (Wildman–Crippen MR) is 128 cm³/mol. The molecule has 3 aliphatic rings. The number of hydrogen-bond acceptors (Lipinski definition) is 7. The maximum atomic E-state index is 13.2. The van der Waals surface area contributed by atoms with Gasteiger partial charge < -0.3 is 14.0 Å². The lowest BCUT2D eigenvalue weighted by Gasteiger charge is -2.35. The van der Waals surface area contributed by atoms with Gasteiger partial charge in [-0.3, -0.25) is 9.51 Å². The molecule has 0 radical (unpaired) electrons. The summed E-state index contributed by atoms with van der Waals surface area (Å²) >= 11 is 1.89. The highest BCUT2D eigenvalue weighted by molar-refractivity contribution is 7.99. The number of nitrogens with zero attached hydrogens (tertiary/aromatic N) is 2. The van der Waals surface area contributed by atoms with Crippen molar-refractivity contribution in [2.24, 2.45) is 11.8 Å². The van der Waals surface area contributed by atoms with Gasteiger partial charge in [-0.2, -0.15) is 11.8 Å². The quantitative estimate of drug-likeness (QED) is 0.550. The fraction of sp³-hybridized carbons (Fsp3) is 0.560. The van der Waals surface area contributed by atoms with Gasteiger partial charge in [-0.15, -0.1) is 0 Å². The Labute approximate surface area is 201 Å². The van der Waals surface area contributed by atoms with Crippen LogP contribution in [0.4, 0.5) is 0 Å². The summed E-state index contributed by atoms with van der Waals surface area (Å²) in [5.41, 5.74) is 1.94. The van der Waals surface area contributed by atoms with Gasteiger partial charge in [-0.1, -0.05) is 11.2 Å². The van der Waals surface area contributed by atoms with Crippen LogP contribution in [0, 0.1) is 11.8 Å². The Morgan fingerprint density at radius 2 is 2.09 bits per heavy atom. The van der Waals surface area contributed by atoms with E-state index in [0.717, 1.165) is 41.9 Å². The van der Waals surface area contributed by atoms with Crippen molar-refractivity contribution >= 4 is 28.6 Å². The molecule has 2 aliphatic heterocycles. The molecule has 1 N–H and O–H groups in total. The number of fused-ring (bicyclic) bond motifs is 2. The Morgan fingerprint density at radius 3 is 2.76 bits per heavy atom. The number of thioether (sulfide) groups is 1. The molecule has 4 atom stereocenters. The SMILES string of the molecule is CCOC(=O)c1cc2cc([C@H]3CCOC(C)(C)C3)ccc2n1C1(c2noc(=O)[nH]2)[C@@H]2CSC[C@@H]21. The molecular weight excluding hydrogens is 454 g/mol. The Morgan fingerprint density at radius 1 is 1.29 bits per heavy atom. The fourth-order valence-corrected chi connectivity index (χ4v) is 7.90. The topological polar surface area (TPSA) is 99.3 Å². The lowest BCUT2D eigenvalue weighted by molar-refractivity contribution is -0.0592. The average molecular weight is 484 g/mol. The number of carbonyl (C=O) groups excluding carboxylic acids is 1. The minimum atomic E-state index is -0.608. The Balaban J connectivity index is 1.52. The van der Waals surface area contributed by atoms with E-state index < -0.39 is 11.3 Å². The molecule has 1 unspecified atom stereocenters. The molecule has 34 heavy (non-hydrogen) atoms. The molecule has 1 aliphatic carbocycles. The second-order valence-electron chi connectivity index (χ2n) is 10.2. The maximum Gasteiger partial charge on any atom is 0.438 e. The largest absolute Gasteiger partial charge is 0.461 e. The molecule has 8 nitrogen and oxygen atoms in total. The van der Waals surface area contributed by atoms with Crippen molar-refractivity contribution in [1.82, 2.24) is 14.7 Å². The highest BCUT2D eigenvalue weighted by Gasteiger charge is 2.72. The first kappa shape index (κ1) is 22.0. The number of benzene rings is 1. The van der Waals surface area contributed by atoms with Gasteiger partial charge in [0.1, 0.15) is 11.2 Å². The Bertz CT molecular complexity index is 1310. The van der Waals surface area contributed by atoms with Crippen LogP contribution in [0.1, 0.15) is 61.4 Å². The minimum Gasteiger partial charge on any atom is -0.461 e. The summed E-state index contributed by atoms with van der Waals surface area (Å²) < 4.78 is 18.4. The lowest BCUT2D eigenvalue weighted by Crippen LogP contribution is -2.33. The molecule has 0 bridgehead atoms. The zero-order valence-corrected chi connectivity index (χ0v) is 20.4. The van der Waals surface area contributed by atoms with Gasteiger partial charge in [-0.25, -0.2) is 9.59 Å². The van der Waals surface area contributed by atoms with Gasteiger partial charge in [0.05, 0.1) is 12.2 Å². The van der Waals surface area contributed by atoms with Crippen molar-refractivity contribution in [3.63, 3.8) is 0 Å². The molecule has 1 saturated carbocycles. The van der Waals surface area contributed by atoms with Crippen LogP contribution in [-0.4, -0.2) is 51.0 Å².